The highest BCUT2D eigenvalue weighted by atomic mass is 31.1. The van der Waals surface area contributed by atoms with Crippen molar-refractivity contribution in [2.45, 2.75) is 0 Å². The van der Waals surface area contributed by atoms with Crippen LogP contribution in [-0.2, 0) is 0 Å². The normalized spacial score (nSPS) is 11.9. The summed E-state index contributed by atoms with van der Waals surface area (Å²) in [5, 5.41) is 16.4. The van der Waals surface area contributed by atoms with Crippen LogP contribution >= 0.6 is 8.67 Å². The summed E-state index contributed by atoms with van der Waals surface area (Å²) in [4.78, 5) is 0. The molecule has 0 N–H and O–H groups in total. The SMILES string of the molecule is c1ccc2c(-c3cc4ccccc4c4c3o[pH]oc3c(-c5c6ccccc6cc6ccccc56)cc5ccccc5c34)c3ccccc3cc2c1. The second kappa shape index (κ2) is 11.1. The molecular formula is C48H29O2P. The summed E-state index contributed by atoms with van der Waals surface area (Å²) < 4.78 is 13.9. The minimum absolute atomic E-state index is 0.239. The maximum Gasteiger partial charge on any atom is 0.201 e. The van der Waals surface area contributed by atoms with E-state index < -0.39 is 0 Å². The van der Waals surface area contributed by atoms with Crippen molar-refractivity contribution >= 4 is 95.2 Å². The van der Waals surface area contributed by atoms with E-state index in [1.165, 1.54) is 54.2 Å². The molecule has 238 valence electrons. The fourth-order valence-corrected chi connectivity index (χ4v) is 9.08. The van der Waals surface area contributed by atoms with Gasteiger partial charge in [0.25, 0.3) is 0 Å². The molecule has 0 unspecified atom stereocenters. The molecule has 0 bridgehead atoms. The average molecular weight is 669 g/mol. The molecule has 11 rings (SSSR count). The Morgan fingerprint density at radius 3 is 0.902 bits per heavy atom. The van der Waals surface area contributed by atoms with E-state index in [4.69, 9.17) is 8.39 Å². The number of fused-ring (bicyclic) bond motifs is 11. The molecule has 0 aliphatic heterocycles. The Kier molecular flexibility index (Phi) is 6.19. The Morgan fingerprint density at radius 1 is 0.294 bits per heavy atom. The standard InChI is InChI=1S/C48H29O2P/c1-7-19-35-29(13-1)25-30-14-2-8-20-36(30)43(35)41-27-33-17-5-11-23-39(33)45-46-40-24-12-6-18-34(40)28-42(48(46)50-51-49-47(41)45)44-37-21-9-3-15-31(37)26-32-16-4-10-22-38(32)44/h1-28,51H. The van der Waals surface area contributed by atoms with Gasteiger partial charge in [0.15, 0.2) is 0 Å². The number of benzene rings is 10. The van der Waals surface area contributed by atoms with Crippen LogP contribution in [0.4, 0.5) is 0 Å². The minimum Gasteiger partial charge on any atom is -0.420 e. The first kappa shape index (κ1) is 28.5. The molecule has 11 aromatic rings. The predicted molar refractivity (Wildman–Crippen MR) is 219 cm³/mol. The van der Waals surface area contributed by atoms with Gasteiger partial charge in [-0.25, -0.2) is 0 Å². The summed E-state index contributed by atoms with van der Waals surface area (Å²) >= 11 is 0. The summed E-state index contributed by atoms with van der Waals surface area (Å²) in [6.07, 6.45) is 0. The number of rotatable bonds is 2. The van der Waals surface area contributed by atoms with E-state index in [1.807, 2.05) is 0 Å². The van der Waals surface area contributed by atoms with E-state index in [1.54, 1.807) is 0 Å². The summed E-state index contributed by atoms with van der Waals surface area (Å²) in [6, 6.07) is 61.5. The lowest BCUT2D eigenvalue weighted by Crippen LogP contribution is -1.90. The average Bonchev–Trinajstić information content (AvgIpc) is 3.39. The zero-order chi connectivity index (χ0) is 33.5. The Labute approximate surface area is 294 Å². The van der Waals surface area contributed by atoms with Gasteiger partial charge in [-0.1, -0.05) is 146 Å². The van der Waals surface area contributed by atoms with Crippen LogP contribution in [0.25, 0.3) is 109 Å². The quantitative estimate of drug-likeness (QED) is 0.171. The Morgan fingerprint density at radius 2 is 0.569 bits per heavy atom. The molecule has 0 aliphatic carbocycles. The third-order valence-corrected chi connectivity index (χ3v) is 11.2. The van der Waals surface area contributed by atoms with Gasteiger partial charge >= 0.3 is 0 Å². The maximum absolute atomic E-state index is 6.94. The van der Waals surface area contributed by atoms with Gasteiger partial charge in [0, 0.05) is 33.0 Å². The largest absolute Gasteiger partial charge is 0.420 e. The van der Waals surface area contributed by atoms with E-state index in [-0.39, 0.29) is 8.67 Å². The van der Waals surface area contributed by atoms with Gasteiger partial charge in [-0.2, -0.15) is 0 Å². The van der Waals surface area contributed by atoms with Crippen LogP contribution in [0, 0.1) is 0 Å². The number of hydrogen-bond acceptors (Lipinski definition) is 2. The maximum atomic E-state index is 6.94. The van der Waals surface area contributed by atoms with Crippen LogP contribution < -0.4 is 0 Å². The van der Waals surface area contributed by atoms with Crippen LogP contribution in [0.2, 0.25) is 0 Å². The smallest absolute Gasteiger partial charge is 0.201 e. The van der Waals surface area contributed by atoms with E-state index in [0.29, 0.717) is 0 Å². The van der Waals surface area contributed by atoms with Gasteiger partial charge in [-0.3, -0.25) is 0 Å². The van der Waals surface area contributed by atoms with Gasteiger partial charge in [0.05, 0.1) is 0 Å². The first-order valence-electron chi connectivity index (χ1n) is 17.3. The topological polar surface area (TPSA) is 26.3 Å². The molecule has 51 heavy (non-hydrogen) atoms. The van der Waals surface area contributed by atoms with Gasteiger partial charge in [0.2, 0.25) is 8.67 Å². The molecule has 0 saturated heterocycles. The second-order valence-corrected chi connectivity index (χ2v) is 13.9. The molecule has 0 aliphatic rings. The van der Waals surface area contributed by atoms with Gasteiger partial charge in [-0.05, 0) is 88.9 Å². The zero-order valence-electron chi connectivity index (χ0n) is 27.5. The van der Waals surface area contributed by atoms with Crippen molar-refractivity contribution in [2.75, 3.05) is 0 Å². The summed E-state index contributed by atoms with van der Waals surface area (Å²) in [7, 11) is -0.239. The number of hydrogen-bond donors (Lipinski definition) is 0. The summed E-state index contributed by atoms with van der Waals surface area (Å²) in [6.45, 7) is 0. The van der Waals surface area contributed by atoms with Gasteiger partial charge < -0.3 is 8.39 Å². The molecule has 0 fully saturated rings. The third kappa shape index (κ3) is 4.24. The van der Waals surface area contributed by atoms with Crippen LogP contribution in [0.15, 0.2) is 178 Å². The van der Waals surface area contributed by atoms with Crippen LogP contribution in [0.1, 0.15) is 0 Å². The highest BCUT2D eigenvalue weighted by Gasteiger charge is 2.22. The van der Waals surface area contributed by atoms with E-state index in [2.05, 4.69) is 170 Å². The van der Waals surface area contributed by atoms with E-state index in [0.717, 1.165) is 54.6 Å². The van der Waals surface area contributed by atoms with Gasteiger partial charge in [0.1, 0.15) is 11.2 Å². The molecule has 0 radical (unpaired) electrons. The lowest BCUT2D eigenvalue weighted by molar-refractivity contribution is 0.664. The zero-order valence-corrected chi connectivity index (χ0v) is 28.5. The molecule has 0 saturated carbocycles. The molecule has 10 aromatic carbocycles. The van der Waals surface area contributed by atoms with Crippen molar-refractivity contribution in [1.29, 1.82) is 0 Å². The third-order valence-electron chi connectivity index (χ3n) is 10.6. The van der Waals surface area contributed by atoms with Crippen LogP contribution in [-0.4, -0.2) is 0 Å². The monoisotopic (exact) mass is 668 g/mol. The minimum atomic E-state index is -0.239. The van der Waals surface area contributed by atoms with E-state index >= 15 is 0 Å². The van der Waals surface area contributed by atoms with Crippen molar-refractivity contribution in [2.24, 2.45) is 0 Å². The fraction of sp³-hybridized carbons (Fsp3) is 0. The van der Waals surface area contributed by atoms with Crippen LogP contribution in [0.5, 0.6) is 0 Å². The molecule has 0 atom stereocenters. The van der Waals surface area contributed by atoms with Crippen LogP contribution in [0.3, 0.4) is 0 Å². The molecule has 1 aromatic heterocycles. The first-order chi connectivity index (χ1) is 25.3. The Bertz CT molecular complexity index is 2940. The second-order valence-electron chi connectivity index (χ2n) is 13.4. The highest BCUT2D eigenvalue weighted by Crippen LogP contribution is 2.48. The summed E-state index contributed by atoms with van der Waals surface area (Å²) in [5.41, 5.74) is 6.23. The molecule has 2 nitrogen and oxygen atoms in total. The molecular weight excluding hydrogens is 640 g/mol. The van der Waals surface area contributed by atoms with Crippen molar-refractivity contribution in [3.8, 4) is 22.3 Å². The van der Waals surface area contributed by atoms with E-state index in [9.17, 15) is 0 Å². The molecule has 0 amide bonds. The van der Waals surface area contributed by atoms with Crippen molar-refractivity contribution in [3.05, 3.63) is 170 Å². The van der Waals surface area contributed by atoms with Crippen molar-refractivity contribution in [3.63, 3.8) is 0 Å². The highest BCUT2D eigenvalue weighted by molar-refractivity contribution is 7.15. The van der Waals surface area contributed by atoms with Crippen molar-refractivity contribution in [1.82, 2.24) is 0 Å². The lowest BCUT2D eigenvalue weighted by Gasteiger charge is -2.16. The molecule has 3 heteroatoms. The fourth-order valence-electron chi connectivity index (χ4n) is 8.45. The molecule has 1 heterocycles. The van der Waals surface area contributed by atoms with Gasteiger partial charge in [-0.15, -0.1) is 0 Å². The summed E-state index contributed by atoms with van der Waals surface area (Å²) in [5.74, 6) is 0. The Balaban J connectivity index is 1.41. The first-order valence-corrected chi connectivity index (χ1v) is 18.2. The lowest BCUT2D eigenvalue weighted by atomic mass is 9.87. The molecule has 0 spiro atoms. The van der Waals surface area contributed by atoms with Crippen molar-refractivity contribution < 1.29 is 8.39 Å². The predicted octanol–water partition coefficient (Wildman–Crippen LogP) is 14.6. The Hall–Kier alpha value is -6.34.